The smallest absolute Gasteiger partial charge is 0.129 e. The fraction of sp³-hybridized carbons (Fsp3) is 0.267. The van der Waals surface area contributed by atoms with Gasteiger partial charge in [-0.25, -0.2) is 13.8 Å². The van der Waals surface area contributed by atoms with Crippen LogP contribution in [-0.4, -0.2) is 11.5 Å². The highest BCUT2D eigenvalue weighted by molar-refractivity contribution is 5.48. The summed E-state index contributed by atoms with van der Waals surface area (Å²) < 4.78 is 26.9. The van der Waals surface area contributed by atoms with E-state index in [-0.39, 0.29) is 11.7 Å². The van der Waals surface area contributed by atoms with Gasteiger partial charge >= 0.3 is 0 Å². The van der Waals surface area contributed by atoms with Gasteiger partial charge in [0.2, 0.25) is 0 Å². The van der Waals surface area contributed by atoms with Crippen LogP contribution in [0.25, 0.3) is 0 Å². The van der Waals surface area contributed by atoms with Crippen molar-refractivity contribution in [2.75, 3.05) is 11.9 Å². The lowest BCUT2D eigenvalue weighted by molar-refractivity contribution is 0.556. The number of nitrogens with one attached hydrogen (secondary N) is 1. The van der Waals surface area contributed by atoms with E-state index in [2.05, 4.69) is 10.3 Å². The van der Waals surface area contributed by atoms with Gasteiger partial charge in [-0.3, -0.25) is 0 Å². The lowest BCUT2D eigenvalue weighted by Crippen LogP contribution is -2.19. The zero-order valence-electron chi connectivity index (χ0n) is 10.4. The molecule has 0 saturated heterocycles. The standard InChI is InChI=1S/C15H14F2N2/c16-12-3-4-14(17)11(9-12)8-10-5-7-19-15-13(10)2-1-6-18-15/h1-4,6,9-10H,5,7-8H2,(H,18,19)/t10-/m1/s1. The first-order valence-corrected chi connectivity index (χ1v) is 6.37. The SMILES string of the molecule is Fc1ccc(F)c(C[C@H]2CCNc3ncccc32)c1. The average molecular weight is 260 g/mol. The Morgan fingerprint density at radius 2 is 2.16 bits per heavy atom. The van der Waals surface area contributed by atoms with Gasteiger partial charge in [-0.05, 0) is 54.2 Å². The van der Waals surface area contributed by atoms with Gasteiger partial charge in [0.05, 0.1) is 0 Å². The fourth-order valence-electron chi connectivity index (χ4n) is 2.59. The molecule has 0 bridgehead atoms. The number of anilines is 1. The van der Waals surface area contributed by atoms with Gasteiger partial charge in [0.1, 0.15) is 17.5 Å². The van der Waals surface area contributed by atoms with E-state index in [0.29, 0.717) is 12.0 Å². The van der Waals surface area contributed by atoms with E-state index in [9.17, 15) is 8.78 Å². The van der Waals surface area contributed by atoms with Crippen molar-refractivity contribution in [3.63, 3.8) is 0 Å². The van der Waals surface area contributed by atoms with Gasteiger partial charge in [0.25, 0.3) is 0 Å². The van der Waals surface area contributed by atoms with Crippen molar-refractivity contribution in [3.8, 4) is 0 Å². The Morgan fingerprint density at radius 1 is 1.26 bits per heavy atom. The molecular weight excluding hydrogens is 246 g/mol. The van der Waals surface area contributed by atoms with Crippen LogP contribution in [0.15, 0.2) is 36.5 Å². The second-order valence-corrected chi connectivity index (χ2v) is 4.79. The Balaban J connectivity index is 1.90. The molecule has 0 unspecified atom stereocenters. The summed E-state index contributed by atoms with van der Waals surface area (Å²) in [7, 11) is 0. The van der Waals surface area contributed by atoms with Crippen LogP contribution in [0.3, 0.4) is 0 Å². The van der Waals surface area contributed by atoms with Crippen LogP contribution in [0.4, 0.5) is 14.6 Å². The molecule has 1 aromatic heterocycles. The molecule has 0 amide bonds. The predicted octanol–water partition coefficient (Wildman–Crippen LogP) is 3.50. The van der Waals surface area contributed by atoms with E-state index >= 15 is 0 Å². The summed E-state index contributed by atoms with van der Waals surface area (Å²) in [4.78, 5) is 4.27. The largest absolute Gasteiger partial charge is 0.370 e. The summed E-state index contributed by atoms with van der Waals surface area (Å²) in [5.41, 5.74) is 1.51. The van der Waals surface area contributed by atoms with Crippen LogP contribution in [-0.2, 0) is 6.42 Å². The highest BCUT2D eigenvalue weighted by Crippen LogP contribution is 2.32. The third-order valence-electron chi connectivity index (χ3n) is 3.54. The van der Waals surface area contributed by atoms with Crippen LogP contribution in [0, 0.1) is 11.6 Å². The van der Waals surface area contributed by atoms with Gasteiger partial charge in [-0.2, -0.15) is 0 Å². The number of rotatable bonds is 2. The maximum absolute atomic E-state index is 13.7. The Bertz CT molecular complexity index is 598. The number of hydrogen-bond donors (Lipinski definition) is 1. The summed E-state index contributed by atoms with van der Waals surface area (Å²) in [6.45, 7) is 0.811. The lowest BCUT2D eigenvalue weighted by Gasteiger charge is -2.25. The van der Waals surface area contributed by atoms with Gasteiger partial charge in [0.15, 0.2) is 0 Å². The number of halogens is 2. The van der Waals surface area contributed by atoms with E-state index in [0.717, 1.165) is 30.4 Å². The molecule has 4 heteroatoms. The molecule has 1 aliphatic heterocycles. The third-order valence-corrected chi connectivity index (χ3v) is 3.54. The average Bonchev–Trinajstić information content (AvgIpc) is 2.43. The van der Waals surface area contributed by atoms with Crippen molar-refractivity contribution in [2.24, 2.45) is 0 Å². The van der Waals surface area contributed by atoms with Crippen molar-refractivity contribution < 1.29 is 8.78 Å². The van der Waals surface area contributed by atoms with Gasteiger partial charge < -0.3 is 5.32 Å². The van der Waals surface area contributed by atoms with Crippen LogP contribution in [0.5, 0.6) is 0 Å². The highest BCUT2D eigenvalue weighted by Gasteiger charge is 2.22. The molecule has 0 spiro atoms. The normalized spacial score (nSPS) is 17.7. The first-order chi connectivity index (χ1) is 9.24. The molecule has 2 nitrogen and oxygen atoms in total. The second-order valence-electron chi connectivity index (χ2n) is 4.79. The number of aromatic nitrogens is 1. The maximum atomic E-state index is 13.7. The summed E-state index contributed by atoms with van der Waals surface area (Å²) in [6.07, 6.45) is 3.13. The summed E-state index contributed by atoms with van der Waals surface area (Å²) in [5.74, 6) is 0.305. The summed E-state index contributed by atoms with van der Waals surface area (Å²) in [5, 5.41) is 3.23. The van der Waals surface area contributed by atoms with Crippen molar-refractivity contribution in [1.82, 2.24) is 4.98 Å². The van der Waals surface area contributed by atoms with Gasteiger partial charge in [0, 0.05) is 12.7 Å². The fourth-order valence-corrected chi connectivity index (χ4v) is 2.59. The Labute approximate surface area is 110 Å². The molecule has 1 aromatic carbocycles. The molecule has 0 radical (unpaired) electrons. The van der Waals surface area contributed by atoms with Crippen LogP contribution < -0.4 is 5.32 Å². The monoisotopic (exact) mass is 260 g/mol. The van der Waals surface area contributed by atoms with E-state index < -0.39 is 5.82 Å². The first kappa shape index (κ1) is 12.1. The van der Waals surface area contributed by atoms with Crippen LogP contribution >= 0.6 is 0 Å². The summed E-state index contributed by atoms with van der Waals surface area (Å²) >= 11 is 0. The molecule has 0 fully saturated rings. The number of nitrogens with zero attached hydrogens (tertiary/aromatic N) is 1. The molecule has 0 saturated carbocycles. The van der Waals surface area contributed by atoms with Crippen molar-refractivity contribution in [2.45, 2.75) is 18.8 Å². The zero-order chi connectivity index (χ0) is 13.2. The van der Waals surface area contributed by atoms with E-state index in [1.165, 1.54) is 12.1 Å². The Hall–Kier alpha value is -1.97. The molecule has 2 heterocycles. The summed E-state index contributed by atoms with van der Waals surface area (Å²) in [6, 6.07) is 7.50. The lowest BCUT2D eigenvalue weighted by atomic mass is 9.87. The highest BCUT2D eigenvalue weighted by atomic mass is 19.1. The minimum absolute atomic E-state index is 0.182. The minimum Gasteiger partial charge on any atom is -0.370 e. The maximum Gasteiger partial charge on any atom is 0.129 e. The quantitative estimate of drug-likeness (QED) is 0.894. The van der Waals surface area contributed by atoms with Crippen LogP contribution in [0.1, 0.15) is 23.5 Å². The van der Waals surface area contributed by atoms with Crippen LogP contribution in [0.2, 0.25) is 0 Å². The van der Waals surface area contributed by atoms with Crippen molar-refractivity contribution in [3.05, 3.63) is 59.3 Å². The molecule has 1 atom stereocenters. The number of hydrogen-bond acceptors (Lipinski definition) is 2. The Kier molecular flexibility index (Phi) is 3.15. The second kappa shape index (κ2) is 4.96. The van der Waals surface area contributed by atoms with Gasteiger partial charge in [-0.1, -0.05) is 6.07 Å². The Morgan fingerprint density at radius 3 is 3.05 bits per heavy atom. The zero-order valence-corrected chi connectivity index (χ0v) is 10.4. The molecule has 0 aliphatic carbocycles. The van der Waals surface area contributed by atoms with E-state index in [4.69, 9.17) is 0 Å². The molecule has 98 valence electrons. The van der Waals surface area contributed by atoms with E-state index in [1.807, 2.05) is 12.1 Å². The third kappa shape index (κ3) is 2.43. The minimum atomic E-state index is -0.392. The molecule has 2 aromatic rings. The molecule has 1 N–H and O–H groups in total. The number of pyridine rings is 1. The number of benzene rings is 1. The number of fused-ring (bicyclic) bond motifs is 1. The van der Waals surface area contributed by atoms with Gasteiger partial charge in [-0.15, -0.1) is 0 Å². The topological polar surface area (TPSA) is 24.9 Å². The predicted molar refractivity (Wildman–Crippen MR) is 70.1 cm³/mol. The first-order valence-electron chi connectivity index (χ1n) is 6.37. The molecular formula is C15H14F2N2. The molecule has 19 heavy (non-hydrogen) atoms. The van der Waals surface area contributed by atoms with Crippen molar-refractivity contribution >= 4 is 5.82 Å². The van der Waals surface area contributed by atoms with Crippen molar-refractivity contribution in [1.29, 1.82) is 0 Å². The molecule has 3 rings (SSSR count). The van der Waals surface area contributed by atoms with E-state index in [1.54, 1.807) is 6.20 Å². The molecule has 1 aliphatic rings.